The maximum Gasteiger partial charge on any atom is 0.416 e. The number of hydrogen-bond acceptors (Lipinski definition) is 3. The smallest absolute Gasteiger partial charge is 0.416 e. The topological polar surface area (TPSA) is 54.9 Å². The summed E-state index contributed by atoms with van der Waals surface area (Å²) in [6, 6.07) is 10.7. The largest absolute Gasteiger partial charge is 0.493 e. The zero-order chi connectivity index (χ0) is 22.0. The van der Waals surface area contributed by atoms with Gasteiger partial charge in [-0.2, -0.15) is 13.2 Å². The van der Waals surface area contributed by atoms with Crippen LogP contribution in [0.1, 0.15) is 16.7 Å². The average molecular weight is 419 g/mol. The van der Waals surface area contributed by atoms with Gasteiger partial charge in [-0.15, -0.1) is 0 Å². The van der Waals surface area contributed by atoms with Crippen molar-refractivity contribution in [1.82, 2.24) is 10.6 Å². The molecule has 5 nitrogen and oxygen atoms in total. The van der Waals surface area contributed by atoms with Gasteiger partial charge in [-0.3, -0.25) is 4.99 Å². The Morgan fingerprint density at radius 3 is 2.47 bits per heavy atom. The average Bonchev–Trinajstić information content (AvgIpc) is 2.74. The van der Waals surface area contributed by atoms with Crippen molar-refractivity contribution in [1.29, 1.82) is 0 Å². The van der Waals surface area contributed by atoms with E-state index in [-0.39, 0.29) is 6.54 Å². The summed E-state index contributed by atoms with van der Waals surface area (Å²) in [6.07, 6.45) is -3.65. The second-order valence-electron chi connectivity index (χ2n) is 6.17. The molecule has 0 aromatic heterocycles. The first-order valence-corrected chi connectivity index (χ1v) is 9.19. The molecule has 30 heavy (non-hydrogen) atoms. The number of halogens is 3. The van der Waals surface area contributed by atoms with Gasteiger partial charge in [0.05, 0.1) is 26.3 Å². The van der Waals surface area contributed by atoms with Crippen LogP contribution >= 0.6 is 0 Å². The molecule has 0 spiro atoms. The van der Waals surface area contributed by atoms with Gasteiger partial charge in [0.15, 0.2) is 17.5 Å². The molecular formula is C22H24F3N3O2. The minimum atomic E-state index is -4.38. The minimum Gasteiger partial charge on any atom is -0.493 e. The SMILES string of the molecule is CN=C(NCC#Cc1cccc(C(F)(F)F)c1)NCCc1ccc(OC)c(OC)c1. The summed E-state index contributed by atoms with van der Waals surface area (Å²) < 4.78 is 48.7. The molecule has 2 rings (SSSR count). The number of rotatable bonds is 6. The highest BCUT2D eigenvalue weighted by molar-refractivity contribution is 5.79. The molecule has 0 heterocycles. The zero-order valence-corrected chi connectivity index (χ0v) is 17.1. The molecule has 0 fully saturated rings. The third-order valence-corrected chi connectivity index (χ3v) is 4.14. The lowest BCUT2D eigenvalue weighted by Crippen LogP contribution is -2.38. The van der Waals surface area contributed by atoms with Gasteiger partial charge in [-0.1, -0.05) is 24.0 Å². The van der Waals surface area contributed by atoms with Crippen LogP contribution in [-0.2, 0) is 12.6 Å². The third kappa shape index (κ3) is 6.92. The summed E-state index contributed by atoms with van der Waals surface area (Å²) in [4.78, 5) is 4.10. The van der Waals surface area contributed by atoms with Crippen LogP contribution in [0.15, 0.2) is 47.5 Å². The van der Waals surface area contributed by atoms with Crippen molar-refractivity contribution in [2.75, 3.05) is 34.4 Å². The Hall–Kier alpha value is -3.34. The molecule has 0 saturated heterocycles. The molecule has 0 bridgehead atoms. The molecule has 0 aliphatic rings. The van der Waals surface area contributed by atoms with Crippen LogP contribution in [-0.4, -0.2) is 40.3 Å². The standard InChI is InChI=1S/C22H24F3N3O2/c1-26-21(28-13-11-17-9-10-19(29-2)20(15-17)30-3)27-12-5-7-16-6-4-8-18(14-16)22(23,24)25/h4,6,8-10,14-15H,11-13H2,1-3H3,(H2,26,27,28). The van der Waals surface area contributed by atoms with Gasteiger partial charge in [0.2, 0.25) is 0 Å². The lowest BCUT2D eigenvalue weighted by molar-refractivity contribution is -0.137. The van der Waals surface area contributed by atoms with E-state index in [9.17, 15) is 13.2 Å². The second-order valence-corrected chi connectivity index (χ2v) is 6.17. The van der Waals surface area contributed by atoms with E-state index in [1.807, 2.05) is 18.2 Å². The van der Waals surface area contributed by atoms with Gasteiger partial charge in [0.1, 0.15) is 0 Å². The first-order valence-electron chi connectivity index (χ1n) is 9.19. The Morgan fingerprint density at radius 1 is 1.03 bits per heavy atom. The Balaban J connectivity index is 1.83. The third-order valence-electron chi connectivity index (χ3n) is 4.14. The number of alkyl halides is 3. The van der Waals surface area contributed by atoms with E-state index in [1.54, 1.807) is 27.3 Å². The van der Waals surface area contributed by atoms with Gasteiger partial charge in [-0.25, -0.2) is 0 Å². The fourth-order valence-corrected chi connectivity index (χ4v) is 2.63. The highest BCUT2D eigenvalue weighted by Gasteiger charge is 2.30. The predicted molar refractivity (Wildman–Crippen MR) is 111 cm³/mol. The summed E-state index contributed by atoms with van der Waals surface area (Å²) in [5, 5.41) is 6.17. The number of nitrogens with zero attached hydrogens (tertiary/aromatic N) is 1. The molecule has 0 aliphatic heterocycles. The molecule has 8 heteroatoms. The summed E-state index contributed by atoms with van der Waals surface area (Å²) in [5.74, 6) is 7.41. The molecule has 160 valence electrons. The number of benzene rings is 2. The van der Waals surface area contributed by atoms with Crippen molar-refractivity contribution in [3.63, 3.8) is 0 Å². The van der Waals surface area contributed by atoms with Crippen LogP contribution in [0.2, 0.25) is 0 Å². The molecule has 0 radical (unpaired) electrons. The van der Waals surface area contributed by atoms with E-state index >= 15 is 0 Å². The Labute approximate surface area is 174 Å². The monoisotopic (exact) mass is 419 g/mol. The van der Waals surface area contributed by atoms with Crippen molar-refractivity contribution in [3.8, 4) is 23.3 Å². The van der Waals surface area contributed by atoms with E-state index in [0.29, 0.717) is 29.6 Å². The second kappa shape index (κ2) is 11.0. The quantitative estimate of drug-likeness (QED) is 0.428. The van der Waals surface area contributed by atoms with Crippen molar-refractivity contribution in [2.24, 2.45) is 4.99 Å². The minimum absolute atomic E-state index is 0.242. The van der Waals surface area contributed by atoms with E-state index in [2.05, 4.69) is 27.5 Å². The molecule has 0 unspecified atom stereocenters. The summed E-state index contributed by atoms with van der Waals surface area (Å²) in [6.45, 7) is 0.864. The van der Waals surface area contributed by atoms with Crippen LogP contribution in [0.25, 0.3) is 0 Å². The molecule has 2 aromatic carbocycles. The molecule has 2 aromatic rings. The zero-order valence-electron chi connectivity index (χ0n) is 17.1. The summed E-state index contributed by atoms with van der Waals surface area (Å²) in [7, 11) is 4.81. The first-order chi connectivity index (χ1) is 14.4. The summed E-state index contributed by atoms with van der Waals surface area (Å²) >= 11 is 0. The van der Waals surface area contributed by atoms with Crippen molar-refractivity contribution in [2.45, 2.75) is 12.6 Å². The van der Waals surface area contributed by atoms with Crippen LogP contribution in [0.4, 0.5) is 13.2 Å². The van der Waals surface area contributed by atoms with Crippen LogP contribution < -0.4 is 20.1 Å². The van der Waals surface area contributed by atoms with E-state index in [0.717, 1.165) is 24.1 Å². The summed E-state index contributed by atoms with van der Waals surface area (Å²) in [5.41, 5.74) is 0.665. The molecule has 0 saturated carbocycles. The molecule has 0 amide bonds. The lowest BCUT2D eigenvalue weighted by Gasteiger charge is -2.12. The lowest BCUT2D eigenvalue weighted by atomic mass is 10.1. The highest BCUT2D eigenvalue weighted by Crippen LogP contribution is 2.29. The van der Waals surface area contributed by atoms with E-state index in [1.165, 1.54) is 6.07 Å². The number of methoxy groups -OCH3 is 2. The maximum absolute atomic E-state index is 12.7. The molecule has 0 aliphatic carbocycles. The first kappa shape index (κ1) is 22.9. The number of aliphatic imine (C=N–C) groups is 1. The van der Waals surface area contributed by atoms with Crippen molar-refractivity contribution >= 4 is 5.96 Å². The van der Waals surface area contributed by atoms with Gasteiger partial charge in [0, 0.05) is 19.2 Å². The Bertz CT molecular complexity index is 931. The molecular weight excluding hydrogens is 395 g/mol. The Kier molecular flexibility index (Phi) is 8.41. The van der Waals surface area contributed by atoms with Crippen molar-refractivity contribution < 1.29 is 22.6 Å². The number of guanidine groups is 1. The number of hydrogen-bond donors (Lipinski definition) is 2. The fraction of sp³-hybridized carbons (Fsp3) is 0.318. The van der Waals surface area contributed by atoms with Crippen LogP contribution in [0, 0.1) is 11.8 Å². The van der Waals surface area contributed by atoms with Gasteiger partial charge in [-0.05, 0) is 42.3 Å². The van der Waals surface area contributed by atoms with Crippen LogP contribution in [0.3, 0.4) is 0 Å². The Morgan fingerprint density at radius 2 is 1.80 bits per heavy atom. The van der Waals surface area contributed by atoms with Gasteiger partial charge >= 0.3 is 6.18 Å². The number of nitrogens with one attached hydrogen (secondary N) is 2. The van der Waals surface area contributed by atoms with Crippen molar-refractivity contribution in [3.05, 3.63) is 59.2 Å². The van der Waals surface area contributed by atoms with Gasteiger partial charge < -0.3 is 20.1 Å². The normalized spacial score (nSPS) is 11.3. The highest BCUT2D eigenvalue weighted by atomic mass is 19.4. The fourth-order valence-electron chi connectivity index (χ4n) is 2.63. The molecule has 2 N–H and O–H groups in total. The predicted octanol–water partition coefficient (Wildman–Crippen LogP) is 3.48. The van der Waals surface area contributed by atoms with Gasteiger partial charge in [0.25, 0.3) is 0 Å². The van der Waals surface area contributed by atoms with Crippen LogP contribution in [0.5, 0.6) is 11.5 Å². The van der Waals surface area contributed by atoms with E-state index < -0.39 is 11.7 Å². The maximum atomic E-state index is 12.7. The molecule has 0 atom stereocenters. The number of ether oxygens (including phenoxy) is 2. The van der Waals surface area contributed by atoms with E-state index in [4.69, 9.17) is 9.47 Å².